The van der Waals surface area contributed by atoms with Crippen molar-refractivity contribution < 1.29 is 14.4 Å². The van der Waals surface area contributed by atoms with Crippen molar-refractivity contribution in [1.29, 1.82) is 0 Å². The largest absolute Gasteiger partial charge is 0.376 e. The van der Waals surface area contributed by atoms with Crippen LogP contribution in [0.4, 0.5) is 10.5 Å². The van der Waals surface area contributed by atoms with Crippen molar-refractivity contribution in [3.63, 3.8) is 0 Å². The van der Waals surface area contributed by atoms with Crippen LogP contribution in [0.3, 0.4) is 0 Å². The average molecular weight is 275 g/mol. The zero-order valence-corrected chi connectivity index (χ0v) is 11.2. The first kappa shape index (κ1) is 14.0. The number of hydrogen-bond donors (Lipinski definition) is 3. The molecule has 0 unspecified atom stereocenters. The third-order valence-corrected chi connectivity index (χ3v) is 2.89. The molecule has 6 nitrogen and oxygen atoms in total. The van der Waals surface area contributed by atoms with Gasteiger partial charge < -0.3 is 10.6 Å². The number of carbonyl (C=O) groups excluding carboxylic acids is 3. The maximum absolute atomic E-state index is 11.5. The number of benzene rings is 1. The second-order valence-electron chi connectivity index (χ2n) is 4.79. The summed E-state index contributed by atoms with van der Waals surface area (Å²) in [6, 6.07) is 6.61. The summed E-state index contributed by atoms with van der Waals surface area (Å²) in [5.41, 5.74) is 1.23. The van der Waals surface area contributed by atoms with Gasteiger partial charge in [0.2, 0.25) is 5.91 Å². The van der Waals surface area contributed by atoms with Crippen LogP contribution in [0.2, 0.25) is 0 Å². The van der Waals surface area contributed by atoms with Crippen LogP contribution >= 0.6 is 0 Å². The van der Waals surface area contributed by atoms with Gasteiger partial charge in [-0.15, -0.1) is 0 Å². The molecule has 106 valence electrons. The third kappa shape index (κ3) is 4.38. The molecule has 0 radical (unpaired) electrons. The van der Waals surface area contributed by atoms with Gasteiger partial charge in [0.15, 0.2) is 5.78 Å². The van der Waals surface area contributed by atoms with E-state index in [9.17, 15) is 14.4 Å². The molecule has 0 aromatic heterocycles. The molecule has 1 aliphatic rings. The Morgan fingerprint density at radius 3 is 2.65 bits per heavy atom. The number of amides is 3. The van der Waals surface area contributed by atoms with Gasteiger partial charge in [0.1, 0.15) is 0 Å². The van der Waals surface area contributed by atoms with Gasteiger partial charge in [-0.25, -0.2) is 4.79 Å². The van der Waals surface area contributed by atoms with E-state index >= 15 is 0 Å². The summed E-state index contributed by atoms with van der Waals surface area (Å²) in [6.45, 7) is 1.45. The van der Waals surface area contributed by atoms with Gasteiger partial charge in [0, 0.05) is 17.3 Å². The molecule has 3 amide bonds. The van der Waals surface area contributed by atoms with Crippen molar-refractivity contribution in [2.45, 2.75) is 25.8 Å². The zero-order chi connectivity index (χ0) is 14.5. The first-order valence-corrected chi connectivity index (χ1v) is 6.50. The van der Waals surface area contributed by atoms with Gasteiger partial charge >= 0.3 is 6.03 Å². The van der Waals surface area contributed by atoms with Gasteiger partial charge in [-0.2, -0.15) is 0 Å². The number of carbonyl (C=O) groups is 3. The van der Waals surface area contributed by atoms with E-state index in [4.69, 9.17) is 0 Å². The molecule has 3 N–H and O–H groups in total. The summed E-state index contributed by atoms with van der Waals surface area (Å²) in [6.07, 6.45) is 1.94. The van der Waals surface area contributed by atoms with Crippen molar-refractivity contribution in [3.05, 3.63) is 29.8 Å². The van der Waals surface area contributed by atoms with Crippen molar-refractivity contribution in [3.8, 4) is 0 Å². The molecule has 0 aliphatic heterocycles. The molecule has 1 aromatic carbocycles. The second kappa shape index (κ2) is 6.18. The topological polar surface area (TPSA) is 87.3 Å². The maximum atomic E-state index is 11.5. The minimum absolute atomic E-state index is 0.0283. The monoisotopic (exact) mass is 275 g/mol. The molecular weight excluding hydrogens is 258 g/mol. The molecule has 1 fully saturated rings. The number of imide groups is 1. The van der Waals surface area contributed by atoms with Crippen LogP contribution in [0.1, 0.15) is 30.1 Å². The molecule has 2 rings (SSSR count). The molecule has 20 heavy (non-hydrogen) atoms. The standard InChI is InChI=1S/C14H17N3O3/c1-9(18)10-3-2-4-12(7-10)15-8-13(19)17-14(20)16-11-5-6-11/h2-4,7,11,15H,5-6,8H2,1H3,(H2,16,17,19,20). The van der Waals surface area contributed by atoms with Gasteiger partial charge in [0.05, 0.1) is 6.54 Å². The Morgan fingerprint density at radius 2 is 2.00 bits per heavy atom. The summed E-state index contributed by atoms with van der Waals surface area (Å²) in [7, 11) is 0. The normalized spacial score (nSPS) is 13.4. The van der Waals surface area contributed by atoms with E-state index in [1.807, 2.05) is 0 Å². The SMILES string of the molecule is CC(=O)c1cccc(NCC(=O)NC(=O)NC2CC2)c1. The van der Waals surface area contributed by atoms with Crippen LogP contribution in [0.5, 0.6) is 0 Å². The third-order valence-electron chi connectivity index (χ3n) is 2.89. The number of ketones is 1. The van der Waals surface area contributed by atoms with E-state index in [1.54, 1.807) is 24.3 Å². The predicted octanol–water partition coefficient (Wildman–Crippen LogP) is 1.29. The molecular formula is C14H17N3O3. The first-order valence-electron chi connectivity index (χ1n) is 6.50. The first-order chi connectivity index (χ1) is 9.54. The van der Waals surface area contributed by atoms with E-state index < -0.39 is 11.9 Å². The summed E-state index contributed by atoms with van der Waals surface area (Å²) >= 11 is 0. The lowest BCUT2D eigenvalue weighted by molar-refractivity contribution is -0.118. The van der Waals surface area contributed by atoms with E-state index in [2.05, 4.69) is 16.0 Å². The quantitative estimate of drug-likeness (QED) is 0.707. The molecule has 1 aromatic rings. The average Bonchev–Trinajstić information content (AvgIpc) is 3.20. The number of urea groups is 1. The molecule has 1 saturated carbocycles. The lowest BCUT2D eigenvalue weighted by Crippen LogP contribution is -2.42. The van der Waals surface area contributed by atoms with Crippen molar-refractivity contribution in [2.24, 2.45) is 0 Å². The number of anilines is 1. The van der Waals surface area contributed by atoms with Crippen LogP contribution < -0.4 is 16.0 Å². The van der Waals surface area contributed by atoms with Gasteiger partial charge in [0.25, 0.3) is 0 Å². The highest BCUT2D eigenvalue weighted by molar-refractivity contribution is 5.97. The highest BCUT2D eigenvalue weighted by Crippen LogP contribution is 2.18. The number of hydrogen-bond acceptors (Lipinski definition) is 4. The van der Waals surface area contributed by atoms with E-state index in [1.165, 1.54) is 6.92 Å². The smallest absolute Gasteiger partial charge is 0.321 e. The van der Waals surface area contributed by atoms with Crippen molar-refractivity contribution in [1.82, 2.24) is 10.6 Å². The van der Waals surface area contributed by atoms with Crippen LogP contribution in [-0.2, 0) is 4.79 Å². The molecule has 6 heteroatoms. The Labute approximate surface area is 116 Å². The Bertz CT molecular complexity index is 538. The number of rotatable bonds is 5. The van der Waals surface area contributed by atoms with E-state index in [0.29, 0.717) is 11.3 Å². The maximum Gasteiger partial charge on any atom is 0.321 e. The Kier molecular flexibility index (Phi) is 4.34. The van der Waals surface area contributed by atoms with Crippen molar-refractivity contribution >= 4 is 23.4 Å². The minimum atomic E-state index is -0.461. The summed E-state index contributed by atoms with van der Waals surface area (Å²) in [5, 5.41) is 7.77. The molecule has 0 heterocycles. The lowest BCUT2D eigenvalue weighted by atomic mass is 10.1. The van der Waals surface area contributed by atoms with Crippen LogP contribution in [0.25, 0.3) is 0 Å². The van der Waals surface area contributed by atoms with E-state index in [0.717, 1.165) is 12.8 Å². The van der Waals surface area contributed by atoms with Crippen LogP contribution in [0, 0.1) is 0 Å². The summed E-state index contributed by atoms with van der Waals surface area (Å²) in [4.78, 5) is 34.1. The van der Waals surface area contributed by atoms with Gasteiger partial charge in [-0.3, -0.25) is 14.9 Å². The van der Waals surface area contributed by atoms with Gasteiger partial charge in [-0.05, 0) is 31.9 Å². The highest BCUT2D eigenvalue weighted by atomic mass is 16.2. The fourth-order valence-electron chi connectivity index (χ4n) is 1.65. The molecule has 0 atom stereocenters. The molecule has 1 aliphatic carbocycles. The summed E-state index contributed by atoms with van der Waals surface area (Å²) in [5.74, 6) is -0.460. The zero-order valence-electron chi connectivity index (χ0n) is 11.2. The second-order valence-corrected chi connectivity index (χ2v) is 4.79. The van der Waals surface area contributed by atoms with Crippen LogP contribution in [0.15, 0.2) is 24.3 Å². The summed E-state index contributed by atoms with van der Waals surface area (Å²) < 4.78 is 0. The number of nitrogens with one attached hydrogen (secondary N) is 3. The Balaban J connectivity index is 1.78. The fraction of sp³-hybridized carbons (Fsp3) is 0.357. The molecule has 0 bridgehead atoms. The molecule has 0 saturated heterocycles. The predicted molar refractivity (Wildman–Crippen MR) is 74.6 cm³/mol. The lowest BCUT2D eigenvalue weighted by Gasteiger charge is -2.08. The van der Waals surface area contributed by atoms with Gasteiger partial charge in [-0.1, -0.05) is 12.1 Å². The molecule has 0 spiro atoms. The minimum Gasteiger partial charge on any atom is -0.376 e. The number of Topliss-reactive ketones (excluding diaryl/α,β-unsaturated/α-hetero) is 1. The van der Waals surface area contributed by atoms with Crippen LogP contribution in [-0.4, -0.2) is 30.3 Å². The van der Waals surface area contributed by atoms with Crippen molar-refractivity contribution in [2.75, 3.05) is 11.9 Å². The fourth-order valence-corrected chi connectivity index (χ4v) is 1.65. The van der Waals surface area contributed by atoms with E-state index in [-0.39, 0.29) is 18.4 Å². The Hall–Kier alpha value is -2.37. The highest BCUT2D eigenvalue weighted by Gasteiger charge is 2.23. The Morgan fingerprint density at radius 1 is 1.25 bits per heavy atom.